The molecule has 0 spiro atoms. The van der Waals surface area contributed by atoms with E-state index in [-0.39, 0.29) is 6.09 Å². The van der Waals surface area contributed by atoms with Crippen LogP contribution in [0.3, 0.4) is 0 Å². The van der Waals surface area contributed by atoms with Crippen molar-refractivity contribution in [3.05, 3.63) is 0 Å². The maximum atomic E-state index is 11.7. The van der Waals surface area contributed by atoms with Crippen molar-refractivity contribution >= 4 is 6.09 Å². The van der Waals surface area contributed by atoms with E-state index >= 15 is 0 Å². The molecule has 0 aromatic rings. The Labute approximate surface area is 123 Å². The van der Waals surface area contributed by atoms with Gasteiger partial charge in [-0.15, -0.1) is 0 Å². The van der Waals surface area contributed by atoms with E-state index in [4.69, 9.17) is 4.74 Å². The van der Waals surface area contributed by atoms with Crippen LogP contribution in [0.2, 0.25) is 0 Å². The highest BCUT2D eigenvalue weighted by Gasteiger charge is 2.31. The first kappa shape index (κ1) is 15.6. The fourth-order valence-electron chi connectivity index (χ4n) is 3.73. The summed E-state index contributed by atoms with van der Waals surface area (Å²) in [6.45, 7) is 8.73. The first-order valence-corrected chi connectivity index (χ1v) is 8.29. The van der Waals surface area contributed by atoms with Gasteiger partial charge in [0, 0.05) is 25.2 Å². The topological polar surface area (TPSA) is 41.6 Å². The van der Waals surface area contributed by atoms with Crippen molar-refractivity contribution in [2.75, 3.05) is 19.7 Å². The summed E-state index contributed by atoms with van der Waals surface area (Å²) in [6, 6.07) is 1.22. The van der Waals surface area contributed by atoms with Gasteiger partial charge in [-0.2, -0.15) is 0 Å². The number of likely N-dealkylation sites (tertiary alicyclic amines) is 1. The molecule has 116 valence electrons. The Bertz CT molecular complexity index is 304. The third kappa shape index (κ3) is 3.87. The summed E-state index contributed by atoms with van der Waals surface area (Å²) in [7, 11) is 0. The van der Waals surface area contributed by atoms with E-state index in [1.807, 2.05) is 11.8 Å². The molecule has 2 atom stereocenters. The summed E-state index contributed by atoms with van der Waals surface area (Å²) in [4.78, 5) is 13.5. The number of nitrogens with zero attached hydrogens (tertiary/aromatic N) is 1. The van der Waals surface area contributed by atoms with Crippen LogP contribution in [0.15, 0.2) is 0 Å². The van der Waals surface area contributed by atoms with Crippen LogP contribution in [-0.2, 0) is 4.74 Å². The zero-order valence-electron chi connectivity index (χ0n) is 13.2. The van der Waals surface area contributed by atoms with Gasteiger partial charge in [-0.3, -0.25) is 0 Å². The van der Waals surface area contributed by atoms with Gasteiger partial charge in [0.1, 0.15) is 0 Å². The Kier molecular flexibility index (Phi) is 5.70. The average molecular weight is 282 g/mol. The molecule has 1 aliphatic carbocycles. The van der Waals surface area contributed by atoms with Crippen molar-refractivity contribution in [3.8, 4) is 0 Å². The van der Waals surface area contributed by atoms with Crippen LogP contribution in [0.25, 0.3) is 0 Å². The van der Waals surface area contributed by atoms with E-state index in [0.717, 1.165) is 37.8 Å². The molecule has 0 bridgehead atoms. The second kappa shape index (κ2) is 7.30. The minimum absolute atomic E-state index is 0.148. The van der Waals surface area contributed by atoms with Crippen LogP contribution >= 0.6 is 0 Å². The standard InChI is InChI=1S/C16H30N2O2/c1-4-20-16(19)18-10-8-14(9-11-18)17-15-12(2)6-5-7-13(15)3/h12-15,17H,4-11H2,1-3H3. The molecule has 1 heterocycles. The van der Waals surface area contributed by atoms with Crippen LogP contribution in [-0.4, -0.2) is 42.8 Å². The van der Waals surface area contributed by atoms with Gasteiger partial charge in [-0.25, -0.2) is 4.79 Å². The zero-order chi connectivity index (χ0) is 14.5. The molecule has 1 N–H and O–H groups in total. The number of nitrogens with one attached hydrogen (secondary N) is 1. The van der Waals surface area contributed by atoms with Crippen LogP contribution in [0, 0.1) is 11.8 Å². The lowest BCUT2D eigenvalue weighted by atomic mass is 9.78. The molecular weight excluding hydrogens is 252 g/mol. The third-order valence-electron chi connectivity index (χ3n) is 4.99. The minimum Gasteiger partial charge on any atom is -0.450 e. The first-order chi connectivity index (χ1) is 9.61. The van der Waals surface area contributed by atoms with Crippen LogP contribution in [0.4, 0.5) is 4.79 Å². The van der Waals surface area contributed by atoms with E-state index < -0.39 is 0 Å². The summed E-state index contributed by atoms with van der Waals surface area (Å²) >= 11 is 0. The molecule has 1 saturated heterocycles. The molecule has 0 aromatic heterocycles. The van der Waals surface area contributed by atoms with Crippen molar-refractivity contribution < 1.29 is 9.53 Å². The largest absolute Gasteiger partial charge is 0.450 e. The van der Waals surface area contributed by atoms with E-state index in [2.05, 4.69) is 19.2 Å². The fourth-order valence-corrected chi connectivity index (χ4v) is 3.73. The zero-order valence-corrected chi connectivity index (χ0v) is 13.2. The first-order valence-electron chi connectivity index (χ1n) is 8.29. The molecular formula is C16H30N2O2. The number of amides is 1. The summed E-state index contributed by atoms with van der Waals surface area (Å²) < 4.78 is 5.07. The number of hydrogen-bond donors (Lipinski definition) is 1. The molecule has 2 rings (SSSR count). The summed E-state index contributed by atoms with van der Waals surface area (Å²) in [6.07, 6.45) is 6.03. The van der Waals surface area contributed by atoms with Gasteiger partial charge < -0.3 is 15.0 Å². The highest BCUT2D eigenvalue weighted by molar-refractivity contribution is 5.67. The SMILES string of the molecule is CCOC(=O)N1CCC(NC2C(C)CCCC2C)CC1. The van der Waals surface area contributed by atoms with E-state index in [9.17, 15) is 4.79 Å². The highest BCUT2D eigenvalue weighted by atomic mass is 16.6. The number of carbonyl (C=O) groups excluding carboxylic acids is 1. The molecule has 1 amide bonds. The Hall–Kier alpha value is -0.770. The molecule has 2 unspecified atom stereocenters. The van der Waals surface area contributed by atoms with Gasteiger partial charge in [0.15, 0.2) is 0 Å². The van der Waals surface area contributed by atoms with Gasteiger partial charge in [0.2, 0.25) is 0 Å². The number of piperidine rings is 1. The fraction of sp³-hybridized carbons (Fsp3) is 0.938. The average Bonchev–Trinajstić information content (AvgIpc) is 2.44. The van der Waals surface area contributed by atoms with E-state index in [1.165, 1.54) is 19.3 Å². The smallest absolute Gasteiger partial charge is 0.409 e. The monoisotopic (exact) mass is 282 g/mol. The molecule has 20 heavy (non-hydrogen) atoms. The van der Waals surface area contributed by atoms with Crippen molar-refractivity contribution in [3.63, 3.8) is 0 Å². The van der Waals surface area contributed by atoms with Crippen molar-refractivity contribution in [2.24, 2.45) is 11.8 Å². The normalized spacial score (nSPS) is 32.1. The molecule has 1 saturated carbocycles. The number of hydrogen-bond acceptors (Lipinski definition) is 3. The van der Waals surface area contributed by atoms with Gasteiger partial charge >= 0.3 is 6.09 Å². The second-order valence-electron chi connectivity index (χ2n) is 6.54. The molecule has 0 aromatic carbocycles. The number of ether oxygens (including phenoxy) is 1. The predicted octanol–water partition coefficient (Wildman–Crippen LogP) is 3.02. The lowest BCUT2D eigenvalue weighted by Gasteiger charge is -2.40. The Morgan fingerprint density at radius 1 is 1.15 bits per heavy atom. The van der Waals surface area contributed by atoms with Gasteiger partial charge in [0.25, 0.3) is 0 Å². The van der Waals surface area contributed by atoms with Crippen molar-refractivity contribution in [2.45, 2.75) is 65.0 Å². The van der Waals surface area contributed by atoms with E-state index in [0.29, 0.717) is 18.7 Å². The highest BCUT2D eigenvalue weighted by Crippen LogP contribution is 2.29. The minimum atomic E-state index is -0.148. The maximum absolute atomic E-state index is 11.7. The van der Waals surface area contributed by atoms with Crippen LogP contribution in [0.5, 0.6) is 0 Å². The predicted molar refractivity (Wildman–Crippen MR) is 80.7 cm³/mol. The lowest BCUT2D eigenvalue weighted by molar-refractivity contribution is 0.0901. The van der Waals surface area contributed by atoms with Crippen molar-refractivity contribution in [1.29, 1.82) is 0 Å². The van der Waals surface area contributed by atoms with Crippen molar-refractivity contribution in [1.82, 2.24) is 10.2 Å². The number of carbonyl (C=O) groups is 1. The van der Waals surface area contributed by atoms with Gasteiger partial charge in [-0.1, -0.05) is 20.3 Å². The lowest BCUT2D eigenvalue weighted by Crippen LogP contribution is -2.52. The molecule has 4 heteroatoms. The van der Waals surface area contributed by atoms with E-state index in [1.54, 1.807) is 0 Å². The molecule has 0 radical (unpaired) electrons. The summed E-state index contributed by atoms with van der Waals surface area (Å²) in [5.74, 6) is 1.56. The van der Waals surface area contributed by atoms with Gasteiger partial charge in [-0.05, 0) is 44.4 Å². The molecule has 1 aliphatic heterocycles. The molecule has 2 aliphatic rings. The second-order valence-corrected chi connectivity index (χ2v) is 6.54. The molecule has 2 fully saturated rings. The quantitative estimate of drug-likeness (QED) is 0.865. The number of rotatable bonds is 3. The summed E-state index contributed by atoms with van der Waals surface area (Å²) in [5.41, 5.74) is 0. The maximum Gasteiger partial charge on any atom is 0.409 e. The summed E-state index contributed by atoms with van der Waals surface area (Å²) in [5, 5.41) is 3.87. The Balaban J connectivity index is 1.77. The Morgan fingerprint density at radius 2 is 1.75 bits per heavy atom. The van der Waals surface area contributed by atoms with Crippen LogP contribution < -0.4 is 5.32 Å². The third-order valence-corrected chi connectivity index (χ3v) is 4.99. The van der Waals surface area contributed by atoms with Crippen LogP contribution in [0.1, 0.15) is 52.9 Å². The Morgan fingerprint density at radius 3 is 2.30 bits per heavy atom. The van der Waals surface area contributed by atoms with Gasteiger partial charge in [0.05, 0.1) is 6.61 Å². The molecule has 4 nitrogen and oxygen atoms in total.